The number of ether oxygens (including phenoxy) is 1. The van der Waals surface area contributed by atoms with Gasteiger partial charge in [0.1, 0.15) is 0 Å². The molecule has 0 radical (unpaired) electrons. The quantitative estimate of drug-likeness (QED) is 0.593. The molecule has 3 fully saturated rings. The smallest absolute Gasteiger partial charge is 0.0740 e. The van der Waals surface area contributed by atoms with Gasteiger partial charge in [-0.2, -0.15) is 0 Å². The molecule has 1 aliphatic carbocycles. The molecule has 0 aromatic heterocycles. The van der Waals surface area contributed by atoms with Crippen LogP contribution in [0.15, 0.2) is 0 Å². The summed E-state index contributed by atoms with van der Waals surface area (Å²) in [5, 5.41) is 0. The fourth-order valence-corrected chi connectivity index (χ4v) is 3.05. The maximum Gasteiger partial charge on any atom is 0.0740 e. The fourth-order valence-electron chi connectivity index (χ4n) is 3.05. The van der Waals surface area contributed by atoms with Crippen LogP contribution in [0.5, 0.6) is 0 Å². The van der Waals surface area contributed by atoms with Crippen molar-refractivity contribution in [1.82, 2.24) is 0 Å². The molecule has 3 aliphatic rings. The van der Waals surface area contributed by atoms with E-state index in [9.17, 15) is 0 Å². The van der Waals surface area contributed by atoms with E-state index in [0.29, 0.717) is 11.5 Å². The van der Waals surface area contributed by atoms with Gasteiger partial charge >= 0.3 is 0 Å². The van der Waals surface area contributed by atoms with Crippen molar-refractivity contribution >= 4 is 0 Å². The first-order chi connectivity index (χ1) is 5.20. The lowest BCUT2D eigenvalue weighted by Gasteiger charge is -2.47. The molecule has 0 amide bonds. The van der Waals surface area contributed by atoms with Crippen molar-refractivity contribution in [2.75, 3.05) is 6.61 Å². The van der Waals surface area contributed by atoms with Gasteiger partial charge in [-0.25, -0.2) is 0 Å². The Bertz CT molecular complexity index is 160. The predicted octanol–water partition coefficient (Wildman–Crippen LogP) is 2.46. The van der Waals surface area contributed by atoms with Crippen molar-refractivity contribution in [1.29, 1.82) is 0 Å². The highest BCUT2D eigenvalue weighted by molar-refractivity contribution is 5.09. The van der Waals surface area contributed by atoms with E-state index in [1.807, 2.05) is 0 Å². The number of hydrogen-bond donors (Lipinski definition) is 0. The molecule has 0 N–H and O–H groups in total. The molecular formula is C10H18O. The molecule has 0 aromatic rings. The Morgan fingerprint density at radius 1 is 1.55 bits per heavy atom. The van der Waals surface area contributed by atoms with Crippen LogP contribution in [0.4, 0.5) is 0 Å². The largest absolute Gasteiger partial charge is 0.374 e. The highest BCUT2D eigenvalue weighted by atomic mass is 16.5. The van der Waals surface area contributed by atoms with E-state index >= 15 is 0 Å². The molecule has 3 rings (SSSR count). The van der Waals surface area contributed by atoms with Gasteiger partial charge in [-0.05, 0) is 24.2 Å². The number of rotatable bonds is 2. The van der Waals surface area contributed by atoms with Gasteiger partial charge in [0.25, 0.3) is 0 Å². The van der Waals surface area contributed by atoms with Crippen molar-refractivity contribution in [2.45, 2.75) is 39.2 Å². The van der Waals surface area contributed by atoms with E-state index in [4.69, 9.17) is 4.74 Å². The second kappa shape index (κ2) is 2.22. The van der Waals surface area contributed by atoms with Gasteiger partial charge in [-0.15, -0.1) is 0 Å². The molecule has 1 heteroatoms. The van der Waals surface area contributed by atoms with E-state index in [0.717, 1.165) is 18.4 Å². The van der Waals surface area contributed by atoms with Crippen molar-refractivity contribution in [2.24, 2.45) is 17.8 Å². The normalized spacial score (nSPS) is 48.0. The SMILES string of the molecule is CCC1C2COC1(C(C)C)C2. The summed E-state index contributed by atoms with van der Waals surface area (Å²) >= 11 is 0. The Morgan fingerprint density at radius 3 is 2.64 bits per heavy atom. The first-order valence-corrected chi connectivity index (χ1v) is 4.84. The third kappa shape index (κ3) is 0.752. The van der Waals surface area contributed by atoms with E-state index in [-0.39, 0.29) is 0 Å². The first kappa shape index (κ1) is 7.60. The molecule has 0 aromatic carbocycles. The lowest BCUT2D eigenvalue weighted by Crippen LogP contribution is -2.51. The van der Waals surface area contributed by atoms with Crippen molar-refractivity contribution in [3.8, 4) is 0 Å². The zero-order chi connectivity index (χ0) is 8.06. The third-order valence-electron chi connectivity index (χ3n) is 3.76. The van der Waals surface area contributed by atoms with E-state index < -0.39 is 0 Å². The predicted molar refractivity (Wildman–Crippen MR) is 45.4 cm³/mol. The summed E-state index contributed by atoms with van der Waals surface area (Å²) in [6.07, 6.45) is 2.64. The summed E-state index contributed by atoms with van der Waals surface area (Å²) in [5.41, 5.74) is 0.305. The Hall–Kier alpha value is -0.0400. The molecular weight excluding hydrogens is 136 g/mol. The van der Waals surface area contributed by atoms with Gasteiger partial charge in [0, 0.05) is 0 Å². The molecule has 3 unspecified atom stereocenters. The maximum absolute atomic E-state index is 5.88. The third-order valence-corrected chi connectivity index (χ3v) is 3.76. The number of hydrogen-bond acceptors (Lipinski definition) is 1. The van der Waals surface area contributed by atoms with E-state index in [1.165, 1.54) is 12.8 Å². The minimum Gasteiger partial charge on any atom is -0.374 e. The molecule has 2 bridgehead atoms. The summed E-state index contributed by atoms with van der Waals surface area (Å²) in [5.74, 6) is 2.50. The topological polar surface area (TPSA) is 9.23 Å². The Morgan fingerprint density at radius 2 is 2.27 bits per heavy atom. The van der Waals surface area contributed by atoms with Crippen LogP contribution in [-0.4, -0.2) is 12.2 Å². The Balaban J connectivity index is 2.15. The average molecular weight is 154 g/mol. The highest BCUT2D eigenvalue weighted by Crippen LogP contribution is 2.58. The van der Waals surface area contributed by atoms with Gasteiger partial charge in [0.15, 0.2) is 0 Å². The molecule has 2 aliphatic heterocycles. The van der Waals surface area contributed by atoms with Gasteiger partial charge in [-0.3, -0.25) is 0 Å². The molecule has 1 nitrogen and oxygen atoms in total. The summed E-state index contributed by atoms with van der Waals surface area (Å²) in [6.45, 7) is 7.92. The second-order valence-corrected chi connectivity index (χ2v) is 4.40. The standard InChI is InChI=1S/C10H18O/c1-4-9-8-5-10(9,7(2)3)11-6-8/h7-9H,4-6H2,1-3H3. The van der Waals surface area contributed by atoms with Crippen LogP contribution in [0.25, 0.3) is 0 Å². The van der Waals surface area contributed by atoms with Gasteiger partial charge < -0.3 is 4.74 Å². The average Bonchev–Trinajstić information content (AvgIpc) is 2.42. The first-order valence-electron chi connectivity index (χ1n) is 4.84. The number of fused-ring (bicyclic) bond motifs is 1. The van der Waals surface area contributed by atoms with E-state index in [1.54, 1.807) is 0 Å². The summed E-state index contributed by atoms with van der Waals surface area (Å²) in [6, 6.07) is 0. The van der Waals surface area contributed by atoms with Crippen LogP contribution in [0.3, 0.4) is 0 Å². The maximum atomic E-state index is 5.88. The van der Waals surface area contributed by atoms with Crippen LogP contribution in [0.1, 0.15) is 33.6 Å². The summed E-state index contributed by atoms with van der Waals surface area (Å²) in [7, 11) is 0. The highest BCUT2D eigenvalue weighted by Gasteiger charge is 2.60. The molecule has 2 saturated heterocycles. The fraction of sp³-hybridized carbons (Fsp3) is 1.00. The van der Waals surface area contributed by atoms with Crippen LogP contribution >= 0.6 is 0 Å². The van der Waals surface area contributed by atoms with Gasteiger partial charge in [0.2, 0.25) is 0 Å². The monoisotopic (exact) mass is 154 g/mol. The zero-order valence-electron chi connectivity index (χ0n) is 7.76. The van der Waals surface area contributed by atoms with Gasteiger partial charge in [-0.1, -0.05) is 27.2 Å². The second-order valence-electron chi connectivity index (χ2n) is 4.40. The lowest BCUT2D eigenvalue weighted by molar-refractivity contribution is -0.0894. The minimum absolute atomic E-state index is 0.305. The summed E-state index contributed by atoms with van der Waals surface area (Å²) < 4.78 is 5.88. The van der Waals surface area contributed by atoms with Gasteiger partial charge in [0.05, 0.1) is 12.2 Å². The Kier molecular flexibility index (Phi) is 1.54. The summed E-state index contributed by atoms with van der Waals surface area (Å²) in [4.78, 5) is 0. The molecule has 11 heavy (non-hydrogen) atoms. The molecule has 3 atom stereocenters. The lowest BCUT2D eigenvalue weighted by atomic mass is 9.59. The van der Waals surface area contributed by atoms with Crippen LogP contribution in [0, 0.1) is 17.8 Å². The minimum atomic E-state index is 0.305. The van der Waals surface area contributed by atoms with Crippen LogP contribution in [0.2, 0.25) is 0 Å². The zero-order valence-corrected chi connectivity index (χ0v) is 7.76. The molecule has 2 heterocycles. The Labute approximate surface area is 69.1 Å². The van der Waals surface area contributed by atoms with Crippen LogP contribution < -0.4 is 0 Å². The van der Waals surface area contributed by atoms with E-state index in [2.05, 4.69) is 20.8 Å². The van der Waals surface area contributed by atoms with Crippen molar-refractivity contribution in [3.63, 3.8) is 0 Å². The molecule has 64 valence electrons. The van der Waals surface area contributed by atoms with Crippen molar-refractivity contribution < 1.29 is 4.74 Å². The molecule has 0 spiro atoms. The molecule has 1 saturated carbocycles. The van der Waals surface area contributed by atoms with Crippen molar-refractivity contribution in [3.05, 3.63) is 0 Å². The van der Waals surface area contributed by atoms with Crippen LogP contribution in [-0.2, 0) is 4.74 Å².